The Bertz CT molecular complexity index is 1810. The van der Waals surface area contributed by atoms with Crippen LogP contribution < -0.4 is 4.74 Å². The van der Waals surface area contributed by atoms with Gasteiger partial charge in [-0.2, -0.15) is 0 Å². The largest absolute Gasteiger partial charge is 0.489 e. The van der Waals surface area contributed by atoms with Gasteiger partial charge in [0.2, 0.25) is 0 Å². The van der Waals surface area contributed by atoms with Crippen LogP contribution in [-0.4, -0.2) is 28.1 Å². The summed E-state index contributed by atoms with van der Waals surface area (Å²) in [5.41, 5.74) is -0.0662. The molecule has 5 nitrogen and oxygen atoms in total. The summed E-state index contributed by atoms with van der Waals surface area (Å²) in [5.74, 6) is -2.50. The lowest BCUT2D eigenvalue weighted by molar-refractivity contribution is -0.129. The minimum Gasteiger partial charge on any atom is -0.489 e. The highest BCUT2D eigenvalue weighted by Crippen LogP contribution is 2.47. The highest BCUT2D eigenvalue weighted by molar-refractivity contribution is 6.36. The molecule has 1 aliphatic rings. The molecule has 1 N–H and O–H groups in total. The van der Waals surface area contributed by atoms with E-state index >= 15 is 0 Å². The fraction of sp³-hybridized carbons (Fsp3) is 0.132. The number of ether oxygens (including phenoxy) is 1. The molecule has 0 heterocycles. The number of halogens is 2. The summed E-state index contributed by atoms with van der Waals surface area (Å²) < 4.78 is 34.1. The van der Waals surface area contributed by atoms with Crippen molar-refractivity contribution in [2.24, 2.45) is 4.99 Å². The Labute approximate surface area is 260 Å². The second kappa shape index (κ2) is 13.1. The number of para-hydroxylation sites is 1. The Balaban J connectivity index is 1.72. The molecule has 0 aliphatic heterocycles. The van der Waals surface area contributed by atoms with E-state index in [1.165, 1.54) is 18.2 Å². The summed E-state index contributed by atoms with van der Waals surface area (Å²) in [6, 6.07) is 28.7. The fourth-order valence-corrected chi connectivity index (χ4v) is 5.55. The molecule has 4 aromatic carbocycles. The molecule has 5 rings (SSSR count). The third-order valence-electron chi connectivity index (χ3n) is 7.72. The molecule has 0 bridgehead atoms. The smallest absolute Gasteiger partial charge is 0.350 e. The Morgan fingerprint density at radius 2 is 1.51 bits per heavy atom. The number of rotatable bonds is 11. The van der Waals surface area contributed by atoms with E-state index in [1.807, 2.05) is 60.7 Å². The zero-order valence-corrected chi connectivity index (χ0v) is 24.6. The summed E-state index contributed by atoms with van der Waals surface area (Å²) in [6.45, 7) is 5.26. The molecule has 45 heavy (non-hydrogen) atoms. The van der Waals surface area contributed by atoms with Crippen molar-refractivity contribution in [3.05, 3.63) is 173 Å². The van der Waals surface area contributed by atoms with Crippen molar-refractivity contribution in [3.63, 3.8) is 0 Å². The molecule has 0 amide bonds. The number of benzene rings is 4. The van der Waals surface area contributed by atoms with E-state index < -0.39 is 28.6 Å². The molecule has 2 atom stereocenters. The number of carbonyl (C=O) groups is 2. The average molecular weight is 604 g/mol. The minimum absolute atomic E-state index is 0.00669. The van der Waals surface area contributed by atoms with E-state index in [4.69, 9.17) is 4.74 Å². The number of hydrogen-bond donors (Lipinski definition) is 1. The minimum atomic E-state index is -1.34. The molecular weight excluding hydrogens is 572 g/mol. The maximum absolute atomic E-state index is 14.3. The number of nitrogens with zero attached hydrogens (tertiary/aromatic N) is 1. The number of carboxylic acids is 1. The average Bonchev–Trinajstić information content (AvgIpc) is 3.04. The predicted octanol–water partition coefficient (Wildman–Crippen LogP) is 8.07. The lowest BCUT2D eigenvalue weighted by Crippen LogP contribution is -2.38. The third kappa shape index (κ3) is 6.58. The van der Waals surface area contributed by atoms with Crippen LogP contribution in [0.4, 0.5) is 8.78 Å². The van der Waals surface area contributed by atoms with Crippen molar-refractivity contribution in [1.82, 2.24) is 0 Å². The van der Waals surface area contributed by atoms with E-state index in [9.17, 15) is 23.5 Å². The molecule has 226 valence electrons. The van der Waals surface area contributed by atoms with Crippen LogP contribution in [-0.2, 0) is 16.8 Å². The van der Waals surface area contributed by atoms with Gasteiger partial charge < -0.3 is 9.84 Å². The van der Waals surface area contributed by atoms with E-state index in [2.05, 4.69) is 11.6 Å². The van der Waals surface area contributed by atoms with Crippen LogP contribution in [0, 0.1) is 11.6 Å². The van der Waals surface area contributed by atoms with Crippen LogP contribution in [0.3, 0.4) is 0 Å². The Hall–Kier alpha value is -5.43. The molecule has 0 radical (unpaired) electrons. The van der Waals surface area contributed by atoms with Gasteiger partial charge in [-0.1, -0.05) is 103 Å². The normalized spacial score (nSPS) is 19.4. The maximum atomic E-state index is 14.3. The molecule has 0 saturated heterocycles. The standard InChI is InChI=1S/C38H31F2NO4/c1-3-12-33(36(43)44)41-37(2)19-20-38(28-15-8-5-9-16-28,24-32(37)35(42)27-13-6-4-7-14-27)31-17-10-11-18-34(31)45-25-26-21-29(39)23-30(40)22-26/h3-11,13-24H,1,12,25H2,2H3,(H,43,44). The first-order chi connectivity index (χ1) is 21.6. The number of Topliss-reactive ketones (excluding diaryl/α,β-unsaturated/α-hetero) is 1. The van der Waals surface area contributed by atoms with Gasteiger partial charge in [-0.15, -0.1) is 6.58 Å². The van der Waals surface area contributed by atoms with Crippen LogP contribution >= 0.6 is 0 Å². The SMILES string of the molecule is C=CCC(=NC1(C)C=CC(c2ccccc2)(c2ccccc2OCc2cc(F)cc(F)c2)C=C1C(=O)c1ccccc1)C(=O)O. The first-order valence-electron chi connectivity index (χ1n) is 14.3. The van der Waals surface area contributed by atoms with Crippen molar-refractivity contribution < 1.29 is 28.2 Å². The summed E-state index contributed by atoms with van der Waals surface area (Å²) in [6.07, 6.45) is 6.93. The predicted molar refractivity (Wildman–Crippen MR) is 171 cm³/mol. The Kier molecular flexibility index (Phi) is 9.00. The molecule has 0 fully saturated rings. The van der Waals surface area contributed by atoms with Gasteiger partial charge in [-0.05, 0) is 36.2 Å². The van der Waals surface area contributed by atoms with Crippen LogP contribution in [0.15, 0.2) is 145 Å². The van der Waals surface area contributed by atoms with E-state index in [0.29, 0.717) is 22.4 Å². The monoisotopic (exact) mass is 603 g/mol. The number of hydrogen-bond acceptors (Lipinski definition) is 4. The Morgan fingerprint density at radius 3 is 2.16 bits per heavy atom. The van der Waals surface area contributed by atoms with Crippen LogP contribution in [0.25, 0.3) is 0 Å². The van der Waals surface area contributed by atoms with Crippen molar-refractivity contribution in [1.29, 1.82) is 0 Å². The summed E-state index contributed by atoms with van der Waals surface area (Å²) in [7, 11) is 0. The van der Waals surface area contributed by atoms with Gasteiger partial charge in [0.15, 0.2) is 5.78 Å². The van der Waals surface area contributed by atoms with E-state index in [-0.39, 0.29) is 30.1 Å². The fourth-order valence-electron chi connectivity index (χ4n) is 5.55. The molecule has 0 spiro atoms. The number of carboxylic acid groups (broad SMARTS) is 1. The first kappa shape index (κ1) is 31.0. The van der Waals surface area contributed by atoms with Crippen molar-refractivity contribution in [2.45, 2.75) is 30.9 Å². The molecule has 0 saturated carbocycles. The quantitative estimate of drug-likeness (QED) is 0.107. The molecule has 2 unspecified atom stereocenters. The van der Waals surface area contributed by atoms with Crippen LogP contribution in [0.5, 0.6) is 5.75 Å². The summed E-state index contributed by atoms with van der Waals surface area (Å²) in [5, 5.41) is 9.90. The first-order valence-corrected chi connectivity index (χ1v) is 14.3. The molecule has 0 aromatic heterocycles. The van der Waals surface area contributed by atoms with Gasteiger partial charge in [-0.3, -0.25) is 9.79 Å². The highest BCUT2D eigenvalue weighted by Gasteiger charge is 2.43. The zero-order valence-electron chi connectivity index (χ0n) is 24.6. The number of allylic oxidation sites excluding steroid dienone is 3. The van der Waals surface area contributed by atoms with Gasteiger partial charge in [0.25, 0.3) is 0 Å². The van der Waals surface area contributed by atoms with Gasteiger partial charge >= 0.3 is 5.97 Å². The van der Waals surface area contributed by atoms with Crippen molar-refractivity contribution in [2.75, 3.05) is 0 Å². The number of ketones is 1. The van der Waals surface area contributed by atoms with Gasteiger partial charge in [0, 0.05) is 29.2 Å². The topological polar surface area (TPSA) is 76.0 Å². The van der Waals surface area contributed by atoms with Crippen molar-refractivity contribution >= 4 is 17.5 Å². The molecule has 7 heteroatoms. The van der Waals surface area contributed by atoms with E-state index in [0.717, 1.165) is 11.6 Å². The molecule has 4 aromatic rings. The van der Waals surface area contributed by atoms with Gasteiger partial charge in [-0.25, -0.2) is 13.6 Å². The number of aliphatic imine (C=N–C) groups is 1. The molecule has 1 aliphatic carbocycles. The Morgan fingerprint density at radius 1 is 0.889 bits per heavy atom. The summed E-state index contributed by atoms with van der Waals surface area (Å²) >= 11 is 0. The van der Waals surface area contributed by atoms with Crippen molar-refractivity contribution in [3.8, 4) is 5.75 Å². The summed E-state index contributed by atoms with van der Waals surface area (Å²) in [4.78, 5) is 31.0. The molecular formula is C38H31F2NO4. The van der Waals surface area contributed by atoms with Gasteiger partial charge in [0.1, 0.15) is 35.2 Å². The lowest BCUT2D eigenvalue weighted by atomic mass is 9.66. The van der Waals surface area contributed by atoms with E-state index in [1.54, 1.807) is 49.4 Å². The lowest BCUT2D eigenvalue weighted by Gasteiger charge is -2.38. The van der Waals surface area contributed by atoms with Crippen LogP contribution in [0.2, 0.25) is 0 Å². The van der Waals surface area contributed by atoms with Crippen LogP contribution in [0.1, 0.15) is 40.4 Å². The van der Waals surface area contributed by atoms with Gasteiger partial charge in [0.05, 0.1) is 5.41 Å². The number of aliphatic carboxylic acids is 1. The maximum Gasteiger partial charge on any atom is 0.350 e. The second-order valence-corrected chi connectivity index (χ2v) is 10.9. The second-order valence-electron chi connectivity index (χ2n) is 10.9. The number of carbonyl (C=O) groups excluding carboxylic acids is 1. The zero-order chi connectivity index (χ0) is 32.0. The third-order valence-corrected chi connectivity index (χ3v) is 7.72. The highest BCUT2D eigenvalue weighted by atomic mass is 19.1.